The van der Waals surface area contributed by atoms with Gasteiger partial charge in [0, 0.05) is 0 Å². The molecule has 4 aliphatic rings. The Kier molecular flexibility index (Phi) is 5.90. The Bertz CT molecular complexity index is 597. The van der Waals surface area contributed by atoms with Gasteiger partial charge in [-0.15, -0.1) is 0 Å². The fourth-order valence-electron chi connectivity index (χ4n) is 8.79. The van der Waals surface area contributed by atoms with Crippen LogP contribution >= 0.6 is 0 Å². The molecule has 3 N–H and O–H groups in total. The van der Waals surface area contributed by atoms with Crippen molar-refractivity contribution < 1.29 is 15.3 Å². The van der Waals surface area contributed by atoms with E-state index in [-0.39, 0.29) is 29.1 Å². The van der Waals surface area contributed by atoms with Crippen LogP contribution in [0.4, 0.5) is 0 Å². The van der Waals surface area contributed by atoms with Crippen molar-refractivity contribution in [2.24, 2.45) is 46.3 Å². The third kappa shape index (κ3) is 3.41. The normalized spacial score (nSPS) is 53.3. The lowest BCUT2D eigenvalue weighted by atomic mass is 9.43. The Labute approximate surface area is 178 Å². The highest BCUT2D eigenvalue weighted by atomic mass is 16.3. The second kappa shape index (κ2) is 7.76. The van der Waals surface area contributed by atoms with Gasteiger partial charge in [0.1, 0.15) is 0 Å². The summed E-state index contributed by atoms with van der Waals surface area (Å²) in [4.78, 5) is 2.27. The van der Waals surface area contributed by atoms with Crippen LogP contribution < -0.4 is 0 Å². The lowest BCUT2D eigenvalue weighted by Crippen LogP contribution is -2.62. The molecule has 0 spiro atoms. The first-order chi connectivity index (χ1) is 13.6. The fourth-order valence-corrected chi connectivity index (χ4v) is 8.79. The summed E-state index contributed by atoms with van der Waals surface area (Å²) >= 11 is 0. The topological polar surface area (TPSA) is 63.9 Å². The van der Waals surface area contributed by atoms with Gasteiger partial charge in [-0.05, 0) is 118 Å². The second-order valence-electron chi connectivity index (χ2n) is 12.1. The van der Waals surface area contributed by atoms with Crippen molar-refractivity contribution in [3.8, 4) is 0 Å². The number of hydrogen-bond acceptors (Lipinski definition) is 4. The minimum atomic E-state index is -0.268. The largest absolute Gasteiger partial charge is 0.393 e. The van der Waals surface area contributed by atoms with Gasteiger partial charge in [-0.2, -0.15) is 0 Å². The van der Waals surface area contributed by atoms with Crippen LogP contribution in [0.5, 0.6) is 0 Å². The lowest BCUT2D eigenvalue weighted by molar-refractivity contribution is -0.207. The summed E-state index contributed by atoms with van der Waals surface area (Å²) in [6.45, 7) is 8.26. The maximum absolute atomic E-state index is 11.6. The molecule has 4 nitrogen and oxygen atoms in total. The minimum absolute atomic E-state index is 0.0642. The highest BCUT2D eigenvalue weighted by Gasteiger charge is 2.65. The zero-order chi connectivity index (χ0) is 21.1. The van der Waals surface area contributed by atoms with Crippen molar-refractivity contribution >= 4 is 0 Å². The molecule has 4 heteroatoms. The van der Waals surface area contributed by atoms with Crippen LogP contribution in [0, 0.1) is 46.3 Å². The van der Waals surface area contributed by atoms with Gasteiger partial charge in [-0.3, -0.25) is 0 Å². The fraction of sp³-hybridized carbons (Fsp3) is 1.00. The quantitative estimate of drug-likeness (QED) is 0.667. The van der Waals surface area contributed by atoms with Crippen molar-refractivity contribution in [3.05, 3.63) is 0 Å². The average molecular weight is 408 g/mol. The minimum Gasteiger partial charge on any atom is -0.393 e. The van der Waals surface area contributed by atoms with Crippen LogP contribution in [0.3, 0.4) is 0 Å². The Morgan fingerprint density at radius 1 is 0.966 bits per heavy atom. The highest BCUT2D eigenvalue weighted by Crippen LogP contribution is 2.68. The second-order valence-corrected chi connectivity index (χ2v) is 12.1. The van der Waals surface area contributed by atoms with Crippen molar-refractivity contribution in [3.63, 3.8) is 0 Å². The van der Waals surface area contributed by atoms with Crippen LogP contribution in [0.25, 0.3) is 0 Å². The van der Waals surface area contributed by atoms with E-state index in [1.165, 1.54) is 12.8 Å². The highest BCUT2D eigenvalue weighted by molar-refractivity contribution is 5.14. The number of nitrogens with zero attached hydrogens (tertiary/aromatic N) is 1. The van der Waals surface area contributed by atoms with Crippen molar-refractivity contribution in [1.82, 2.24) is 4.90 Å². The molecule has 0 saturated heterocycles. The molecule has 0 aromatic carbocycles. The van der Waals surface area contributed by atoms with E-state index in [1.807, 2.05) is 0 Å². The molecule has 4 aliphatic carbocycles. The standard InChI is InChI=1S/C25H45NO3/c1-15(9-11-26(4)5)18-6-7-19-23-20(14-22(29)25(18,19)3)24(2)10-8-17(27)12-16(24)13-21(23)28/h15-23,27-29H,6-14H2,1-5H3/t15-,16-,17+,18-,19+,20+,21-,22-,23+,24+,25-/m1/s1. The van der Waals surface area contributed by atoms with Gasteiger partial charge in [0.25, 0.3) is 0 Å². The number of aliphatic hydroxyl groups is 3. The van der Waals surface area contributed by atoms with Gasteiger partial charge < -0.3 is 20.2 Å². The first kappa shape index (κ1) is 22.0. The summed E-state index contributed by atoms with van der Waals surface area (Å²) in [5.74, 6) is 2.71. The van der Waals surface area contributed by atoms with E-state index in [9.17, 15) is 15.3 Å². The molecule has 0 aliphatic heterocycles. The van der Waals surface area contributed by atoms with Gasteiger partial charge in [0.05, 0.1) is 18.3 Å². The Hall–Kier alpha value is -0.160. The van der Waals surface area contributed by atoms with E-state index in [4.69, 9.17) is 0 Å². The monoisotopic (exact) mass is 407 g/mol. The average Bonchev–Trinajstić information content (AvgIpc) is 3.01. The molecular formula is C25H45NO3. The van der Waals surface area contributed by atoms with Crippen molar-refractivity contribution in [2.45, 2.75) is 90.4 Å². The molecule has 0 bridgehead atoms. The third-order valence-corrected chi connectivity index (χ3v) is 10.6. The first-order valence-corrected chi connectivity index (χ1v) is 12.3. The van der Waals surface area contributed by atoms with Crippen LogP contribution in [-0.2, 0) is 0 Å². The molecule has 29 heavy (non-hydrogen) atoms. The van der Waals surface area contributed by atoms with E-state index in [0.29, 0.717) is 35.5 Å². The number of rotatable bonds is 4. The van der Waals surface area contributed by atoms with Gasteiger partial charge in [0.15, 0.2) is 0 Å². The molecule has 4 rings (SSSR count). The van der Waals surface area contributed by atoms with Crippen LogP contribution in [0.15, 0.2) is 0 Å². The van der Waals surface area contributed by atoms with Gasteiger partial charge in [0.2, 0.25) is 0 Å². The predicted molar refractivity (Wildman–Crippen MR) is 116 cm³/mol. The van der Waals surface area contributed by atoms with Crippen molar-refractivity contribution in [1.29, 1.82) is 0 Å². The van der Waals surface area contributed by atoms with Crippen LogP contribution in [0.2, 0.25) is 0 Å². The Morgan fingerprint density at radius 2 is 1.69 bits per heavy atom. The molecule has 0 heterocycles. The molecule has 168 valence electrons. The van der Waals surface area contributed by atoms with E-state index < -0.39 is 0 Å². The summed E-state index contributed by atoms with van der Waals surface area (Å²) in [5.41, 5.74) is 0.102. The van der Waals surface area contributed by atoms with Gasteiger partial charge in [-0.25, -0.2) is 0 Å². The molecule has 0 radical (unpaired) electrons. The summed E-state index contributed by atoms with van der Waals surface area (Å²) < 4.78 is 0. The summed E-state index contributed by atoms with van der Waals surface area (Å²) in [7, 11) is 4.28. The SMILES string of the molecule is C[C@H](CCN(C)C)[C@H]1CC[C@H]2[C@@H]3[C@H](O)C[C@H]4C[C@@H](O)CC[C@]4(C)[C@H]3C[C@@H](O)[C@]12C. The number of hydrogen-bond donors (Lipinski definition) is 3. The maximum atomic E-state index is 11.6. The molecule has 0 amide bonds. The zero-order valence-corrected chi connectivity index (χ0v) is 19.3. The van der Waals surface area contributed by atoms with E-state index in [0.717, 1.165) is 45.1 Å². The molecule has 0 aromatic heterocycles. The molecule has 4 saturated carbocycles. The van der Waals surface area contributed by atoms with E-state index in [2.05, 4.69) is 39.8 Å². The lowest BCUT2D eigenvalue weighted by Gasteiger charge is -2.63. The Morgan fingerprint density at radius 3 is 2.38 bits per heavy atom. The number of fused-ring (bicyclic) bond motifs is 5. The summed E-state index contributed by atoms with van der Waals surface area (Å²) in [6, 6.07) is 0. The molecule has 11 atom stereocenters. The Balaban J connectivity index is 1.60. The van der Waals surface area contributed by atoms with Gasteiger partial charge >= 0.3 is 0 Å². The van der Waals surface area contributed by atoms with Crippen LogP contribution in [0.1, 0.15) is 72.1 Å². The number of aliphatic hydroxyl groups excluding tert-OH is 3. The van der Waals surface area contributed by atoms with Crippen LogP contribution in [-0.4, -0.2) is 59.2 Å². The summed E-state index contributed by atoms with van der Waals surface area (Å²) in [5, 5.41) is 33.1. The molecule has 0 aromatic rings. The first-order valence-electron chi connectivity index (χ1n) is 12.3. The third-order valence-electron chi connectivity index (χ3n) is 10.6. The predicted octanol–water partition coefficient (Wildman–Crippen LogP) is 3.54. The van der Waals surface area contributed by atoms with Gasteiger partial charge in [-0.1, -0.05) is 20.8 Å². The summed E-state index contributed by atoms with van der Waals surface area (Å²) in [6.07, 6.45) is 7.25. The van der Waals surface area contributed by atoms with E-state index >= 15 is 0 Å². The maximum Gasteiger partial charge on any atom is 0.0602 e. The van der Waals surface area contributed by atoms with E-state index in [1.54, 1.807) is 0 Å². The van der Waals surface area contributed by atoms with Crippen molar-refractivity contribution in [2.75, 3.05) is 20.6 Å². The molecule has 4 fully saturated rings. The smallest absolute Gasteiger partial charge is 0.0602 e. The molecule has 0 unspecified atom stereocenters. The molecular weight excluding hydrogens is 362 g/mol. The zero-order valence-electron chi connectivity index (χ0n) is 19.3.